The molecular weight excluding hydrogens is 294 g/mol. The molecule has 23 heavy (non-hydrogen) atoms. The Morgan fingerprint density at radius 1 is 1.09 bits per heavy atom. The molecule has 0 spiro atoms. The fourth-order valence-electron chi connectivity index (χ4n) is 2.74. The van der Waals surface area contributed by atoms with Crippen LogP contribution in [0.2, 0.25) is 0 Å². The highest BCUT2D eigenvalue weighted by Gasteiger charge is 2.22. The van der Waals surface area contributed by atoms with Crippen molar-refractivity contribution in [2.75, 3.05) is 16.8 Å². The SMILES string of the molecule is O=C(NO)c1cccc(NC(=O)N2CCCc3ccccc32)c1. The summed E-state index contributed by atoms with van der Waals surface area (Å²) in [5, 5.41) is 11.5. The first-order valence-electron chi connectivity index (χ1n) is 7.40. The highest BCUT2D eigenvalue weighted by atomic mass is 16.5. The fourth-order valence-corrected chi connectivity index (χ4v) is 2.74. The zero-order valence-corrected chi connectivity index (χ0v) is 12.5. The van der Waals surface area contributed by atoms with Gasteiger partial charge >= 0.3 is 6.03 Å². The molecule has 3 rings (SSSR count). The molecule has 0 fully saturated rings. The van der Waals surface area contributed by atoms with Gasteiger partial charge in [0.1, 0.15) is 0 Å². The van der Waals surface area contributed by atoms with E-state index in [2.05, 4.69) is 5.32 Å². The predicted molar refractivity (Wildman–Crippen MR) is 86.8 cm³/mol. The normalized spacial score (nSPS) is 13.2. The molecule has 0 aromatic heterocycles. The van der Waals surface area contributed by atoms with E-state index in [1.54, 1.807) is 28.6 Å². The molecule has 1 aliphatic rings. The minimum Gasteiger partial charge on any atom is -0.308 e. The second-order valence-electron chi connectivity index (χ2n) is 5.34. The monoisotopic (exact) mass is 311 g/mol. The largest absolute Gasteiger partial charge is 0.326 e. The quantitative estimate of drug-likeness (QED) is 0.589. The van der Waals surface area contributed by atoms with Crippen molar-refractivity contribution in [3.05, 3.63) is 59.7 Å². The van der Waals surface area contributed by atoms with Crippen molar-refractivity contribution in [3.8, 4) is 0 Å². The summed E-state index contributed by atoms with van der Waals surface area (Å²) in [6, 6.07) is 14.0. The molecule has 1 heterocycles. The van der Waals surface area contributed by atoms with Gasteiger partial charge < -0.3 is 5.32 Å². The van der Waals surface area contributed by atoms with Crippen LogP contribution in [-0.2, 0) is 6.42 Å². The van der Waals surface area contributed by atoms with Gasteiger partial charge in [-0.2, -0.15) is 0 Å². The number of aryl methyl sites for hydroxylation is 1. The molecule has 1 aliphatic heterocycles. The van der Waals surface area contributed by atoms with E-state index >= 15 is 0 Å². The summed E-state index contributed by atoms with van der Waals surface area (Å²) in [4.78, 5) is 25.7. The number of benzene rings is 2. The molecule has 0 saturated carbocycles. The number of carbonyl (C=O) groups excluding carboxylic acids is 2. The van der Waals surface area contributed by atoms with Crippen LogP contribution in [0.4, 0.5) is 16.2 Å². The van der Waals surface area contributed by atoms with Crippen molar-refractivity contribution >= 4 is 23.3 Å². The molecule has 3 N–H and O–H groups in total. The lowest BCUT2D eigenvalue weighted by atomic mass is 10.0. The van der Waals surface area contributed by atoms with Crippen LogP contribution < -0.4 is 15.7 Å². The van der Waals surface area contributed by atoms with Crippen molar-refractivity contribution in [2.24, 2.45) is 0 Å². The lowest BCUT2D eigenvalue weighted by Crippen LogP contribution is -2.38. The first-order chi connectivity index (χ1) is 11.2. The number of fused-ring (bicyclic) bond motifs is 1. The Balaban J connectivity index is 1.79. The summed E-state index contributed by atoms with van der Waals surface area (Å²) in [7, 11) is 0. The van der Waals surface area contributed by atoms with Gasteiger partial charge in [0.15, 0.2) is 0 Å². The maximum Gasteiger partial charge on any atom is 0.326 e. The number of hydrogen-bond acceptors (Lipinski definition) is 3. The van der Waals surface area contributed by atoms with Crippen molar-refractivity contribution in [3.63, 3.8) is 0 Å². The summed E-state index contributed by atoms with van der Waals surface area (Å²) in [6.07, 6.45) is 1.88. The van der Waals surface area contributed by atoms with E-state index < -0.39 is 5.91 Å². The zero-order valence-electron chi connectivity index (χ0n) is 12.5. The number of carbonyl (C=O) groups is 2. The van der Waals surface area contributed by atoms with Crippen LogP contribution >= 0.6 is 0 Å². The van der Waals surface area contributed by atoms with Crippen LogP contribution in [0.3, 0.4) is 0 Å². The third-order valence-electron chi connectivity index (χ3n) is 3.83. The smallest absolute Gasteiger partial charge is 0.308 e. The first kappa shape index (κ1) is 15.1. The molecule has 0 saturated heterocycles. The van der Waals surface area contributed by atoms with Gasteiger partial charge in [0.2, 0.25) is 0 Å². The van der Waals surface area contributed by atoms with Crippen LogP contribution in [0.15, 0.2) is 48.5 Å². The van der Waals surface area contributed by atoms with Gasteiger partial charge in [-0.3, -0.25) is 14.9 Å². The van der Waals surface area contributed by atoms with E-state index in [1.807, 2.05) is 24.3 Å². The summed E-state index contributed by atoms with van der Waals surface area (Å²) in [5.41, 5.74) is 4.42. The third-order valence-corrected chi connectivity index (χ3v) is 3.83. The number of para-hydroxylation sites is 1. The number of anilines is 2. The molecule has 6 nitrogen and oxygen atoms in total. The lowest BCUT2D eigenvalue weighted by Gasteiger charge is -2.29. The first-order valence-corrected chi connectivity index (χ1v) is 7.40. The van der Waals surface area contributed by atoms with E-state index in [1.165, 1.54) is 6.07 Å². The van der Waals surface area contributed by atoms with Gasteiger partial charge in [-0.25, -0.2) is 10.3 Å². The topological polar surface area (TPSA) is 81.7 Å². The number of rotatable bonds is 2. The lowest BCUT2D eigenvalue weighted by molar-refractivity contribution is 0.0706. The molecule has 3 amide bonds. The van der Waals surface area contributed by atoms with E-state index in [0.717, 1.165) is 24.1 Å². The Morgan fingerprint density at radius 2 is 1.91 bits per heavy atom. The Kier molecular flexibility index (Phi) is 4.25. The van der Waals surface area contributed by atoms with Crippen molar-refractivity contribution in [2.45, 2.75) is 12.8 Å². The predicted octanol–water partition coefficient (Wildman–Crippen LogP) is 2.79. The molecular formula is C17H17N3O3. The number of nitrogens with zero attached hydrogens (tertiary/aromatic N) is 1. The standard InChI is InChI=1S/C17H17N3O3/c21-16(19-23)13-6-3-8-14(11-13)18-17(22)20-10-4-7-12-5-1-2-9-15(12)20/h1-3,5-6,8-9,11,23H,4,7,10H2,(H,18,22)(H,19,21). The minimum absolute atomic E-state index is 0.237. The molecule has 118 valence electrons. The van der Waals surface area contributed by atoms with Gasteiger partial charge in [0, 0.05) is 23.5 Å². The number of nitrogens with one attached hydrogen (secondary N) is 2. The molecule has 2 aromatic rings. The minimum atomic E-state index is -0.621. The van der Waals surface area contributed by atoms with Gasteiger partial charge in [0.05, 0.1) is 0 Å². The van der Waals surface area contributed by atoms with Crippen molar-refractivity contribution < 1.29 is 14.8 Å². The highest BCUT2D eigenvalue weighted by molar-refractivity contribution is 6.03. The van der Waals surface area contributed by atoms with E-state index in [0.29, 0.717) is 12.2 Å². The molecule has 2 aromatic carbocycles. The van der Waals surface area contributed by atoms with E-state index in [9.17, 15) is 9.59 Å². The highest BCUT2D eigenvalue weighted by Crippen LogP contribution is 2.27. The molecule has 0 aliphatic carbocycles. The maximum absolute atomic E-state index is 12.5. The Hall–Kier alpha value is -2.86. The number of urea groups is 1. The summed E-state index contributed by atoms with van der Waals surface area (Å²) in [5.74, 6) is -0.621. The number of amides is 3. The van der Waals surface area contributed by atoms with Crippen LogP contribution in [0, 0.1) is 0 Å². The van der Waals surface area contributed by atoms with Crippen molar-refractivity contribution in [1.29, 1.82) is 0 Å². The zero-order chi connectivity index (χ0) is 16.2. The Bertz CT molecular complexity index is 745. The molecule has 0 bridgehead atoms. The Morgan fingerprint density at radius 3 is 2.74 bits per heavy atom. The van der Waals surface area contributed by atoms with Crippen LogP contribution in [-0.4, -0.2) is 23.7 Å². The van der Waals surface area contributed by atoms with E-state index in [4.69, 9.17) is 5.21 Å². The third kappa shape index (κ3) is 3.17. The molecule has 0 unspecified atom stereocenters. The maximum atomic E-state index is 12.5. The summed E-state index contributed by atoms with van der Waals surface area (Å²) in [6.45, 7) is 0.652. The van der Waals surface area contributed by atoms with Gasteiger partial charge in [-0.15, -0.1) is 0 Å². The number of hydroxylamine groups is 1. The van der Waals surface area contributed by atoms with Crippen LogP contribution in [0.25, 0.3) is 0 Å². The average molecular weight is 311 g/mol. The summed E-state index contributed by atoms with van der Waals surface area (Å²) < 4.78 is 0. The van der Waals surface area contributed by atoms with Crippen LogP contribution in [0.5, 0.6) is 0 Å². The summed E-state index contributed by atoms with van der Waals surface area (Å²) >= 11 is 0. The molecule has 0 radical (unpaired) electrons. The van der Waals surface area contributed by atoms with Gasteiger partial charge in [-0.1, -0.05) is 24.3 Å². The molecule has 0 atom stereocenters. The molecule has 6 heteroatoms. The van der Waals surface area contributed by atoms with Gasteiger partial charge in [0.25, 0.3) is 5.91 Å². The second kappa shape index (κ2) is 6.50. The second-order valence-corrected chi connectivity index (χ2v) is 5.34. The Labute approximate surface area is 133 Å². The van der Waals surface area contributed by atoms with Gasteiger partial charge in [-0.05, 0) is 42.7 Å². The fraction of sp³-hybridized carbons (Fsp3) is 0.176. The van der Waals surface area contributed by atoms with Crippen LogP contribution in [0.1, 0.15) is 22.3 Å². The number of hydrogen-bond donors (Lipinski definition) is 3. The van der Waals surface area contributed by atoms with E-state index in [-0.39, 0.29) is 11.6 Å². The average Bonchev–Trinajstić information content (AvgIpc) is 2.60. The van der Waals surface area contributed by atoms with Crippen molar-refractivity contribution in [1.82, 2.24) is 5.48 Å².